The predicted molar refractivity (Wildman–Crippen MR) is 159 cm³/mol. The van der Waals surface area contributed by atoms with E-state index in [-0.39, 0.29) is 18.9 Å². The number of aromatic nitrogens is 1. The summed E-state index contributed by atoms with van der Waals surface area (Å²) in [6, 6.07) is 16.1. The summed E-state index contributed by atoms with van der Waals surface area (Å²) in [4.78, 5) is 31.4. The van der Waals surface area contributed by atoms with Gasteiger partial charge in [-0.1, -0.05) is 42.5 Å². The molecule has 10 nitrogen and oxygen atoms in total. The SMILES string of the molecule is COC(CN(C(=O)NCCCc1ccc2c(n1)NCCC2)C(CC(=O)O)c1ccc(OCc2ccccc2)c(F)c1)OC. The molecule has 4 rings (SSSR count). The molecule has 43 heavy (non-hydrogen) atoms. The van der Waals surface area contributed by atoms with E-state index >= 15 is 4.39 Å². The van der Waals surface area contributed by atoms with Gasteiger partial charge < -0.3 is 34.9 Å². The summed E-state index contributed by atoms with van der Waals surface area (Å²) < 4.78 is 31.5. The lowest BCUT2D eigenvalue weighted by atomic mass is 10.0. The molecule has 2 amide bonds. The number of carboxylic acid groups (broad SMARTS) is 1. The summed E-state index contributed by atoms with van der Waals surface area (Å²) >= 11 is 0. The van der Waals surface area contributed by atoms with Crippen LogP contribution in [-0.2, 0) is 33.7 Å². The monoisotopic (exact) mass is 594 g/mol. The van der Waals surface area contributed by atoms with Gasteiger partial charge in [0.1, 0.15) is 12.4 Å². The van der Waals surface area contributed by atoms with E-state index in [9.17, 15) is 14.7 Å². The lowest BCUT2D eigenvalue weighted by Gasteiger charge is -2.33. The molecule has 1 aromatic heterocycles. The van der Waals surface area contributed by atoms with Crippen molar-refractivity contribution in [3.8, 4) is 5.75 Å². The number of rotatable bonds is 15. The van der Waals surface area contributed by atoms with Crippen molar-refractivity contribution >= 4 is 17.8 Å². The van der Waals surface area contributed by atoms with Gasteiger partial charge in [-0.3, -0.25) is 4.79 Å². The number of aryl methyl sites for hydroxylation is 2. The quantitative estimate of drug-likeness (QED) is 0.167. The average molecular weight is 595 g/mol. The van der Waals surface area contributed by atoms with Crippen LogP contribution < -0.4 is 15.4 Å². The number of methoxy groups -OCH3 is 2. The first kappa shape index (κ1) is 31.7. The number of anilines is 1. The Hall–Kier alpha value is -4.22. The molecule has 1 unspecified atom stereocenters. The van der Waals surface area contributed by atoms with Crippen LogP contribution in [-0.4, -0.2) is 67.1 Å². The van der Waals surface area contributed by atoms with E-state index in [1.165, 1.54) is 36.8 Å². The summed E-state index contributed by atoms with van der Waals surface area (Å²) in [6.07, 6.45) is 2.09. The van der Waals surface area contributed by atoms with Gasteiger partial charge in [0, 0.05) is 33.0 Å². The first-order valence-electron chi connectivity index (χ1n) is 14.4. The third kappa shape index (κ3) is 9.13. The molecule has 0 fully saturated rings. The minimum Gasteiger partial charge on any atom is -0.486 e. The second-order valence-corrected chi connectivity index (χ2v) is 10.3. The van der Waals surface area contributed by atoms with E-state index in [0.717, 1.165) is 36.5 Å². The van der Waals surface area contributed by atoms with Gasteiger partial charge in [-0.15, -0.1) is 0 Å². The van der Waals surface area contributed by atoms with Gasteiger partial charge in [0.05, 0.1) is 19.0 Å². The Kier molecular flexibility index (Phi) is 11.7. The maximum Gasteiger partial charge on any atom is 0.318 e. The number of urea groups is 1. The van der Waals surface area contributed by atoms with Crippen molar-refractivity contribution in [2.24, 2.45) is 0 Å². The Bertz CT molecular complexity index is 1350. The summed E-state index contributed by atoms with van der Waals surface area (Å²) in [7, 11) is 2.85. The second kappa shape index (κ2) is 15.9. The summed E-state index contributed by atoms with van der Waals surface area (Å²) in [5.41, 5.74) is 3.31. The smallest absolute Gasteiger partial charge is 0.318 e. The molecule has 2 heterocycles. The molecule has 3 N–H and O–H groups in total. The fourth-order valence-corrected chi connectivity index (χ4v) is 4.98. The van der Waals surface area contributed by atoms with Gasteiger partial charge in [0.15, 0.2) is 17.9 Å². The van der Waals surface area contributed by atoms with Crippen LogP contribution in [0.2, 0.25) is 0 Å². The predicted octanol–water partition coefficient (Wildman–Crippen LogP) is 4.94. The average Bonchev–Trinajstić information content (AvgIpc) is 3.02. The second-order valence-electron chi connectivity index (χ2n) is 10.3. The number of halogens is 1. The number of carbonyl (C=O) groups is 2. The van der Waals surface area contributed by atoms with Crippen LogP contribution in [0.3, 0.4) is 0 Å². The van der Waals surface area contributed by atoms with Gasteiger partial charge >= 0.3 is 12.0 Å². The Morgan fingerprint density at radius 1 is 1.12 bits per heavy atom. The highest BCUT2D eigenvalue weighted by Crippen LogP contribution is 2.30. The molecule has 2 aromatic carbocycles. The van der Waals surface area contributed by atoms with Gasteiger partial charge in [-0.25, -0.2) is 14.2 Å². The van der Waals surface area contributed by atoms with E-state index in [1.54, 1.807) is 6.07 Å². The maximum atomic E-state index is 15.2. The van der Waals surface area contributed by atoms with Crippen molar-refractivity contribution < 1.29 is 33.3 Å². The number of carboxylic acids is 1. The standard InChI is InChI=1S/C32H39FN4O6/c1-41-30(42-2)20-37(32(40)35-17-7-11-25-14-12-23-10-6-16-34-31(23)36-25)27(19-29(38)39)24-13-15-28(26(33)18-24)43-21-22-8-4-3-5-9-22/h3-5,8-9,12-15,18,27,30H,6-7,10-11,16-17,19-21H2,1-2H3,(H,34,36)(H,35,40)(H,38,39). The number of fused-ring (bicyclic) bond motifs is 1. The van der Waals surface area contributed by atoms with Crippen molar-refractivity contribution in [1.29, 1.82) is 0 Å². The molecule has 230 valence electrons. The minimum atomic E-state index is -1.15. The van der Waals surface area contributed by atoms with Crippen LogP contribution in [0.5, 0.6) is 5.75 Å². The number of nitrogens with one attached hydrogen (secondary N) is 2. The van der Waals surface area contributed by atoms with Crippen LogP contribution in [0.15, 0.2) is 60.7 Å². The molecule has 0 saturated carbocycles. The Morgan fingerprint density at radius 3 is 2.63 bits per heavy atom. The Labute approximate surface area is 251 Å². The lowest BCUT2D eigenvalue weighted by molar-refractivity contribution is -0.139. The molecule has 0 saturated heterocycles. The van der Waals surface area contributed by atoms with E-state index in [4.69, 9.17) is 19.2 Å². The van der Waals surface area contributed by atoms with Crippen LogP contribution in [0.4, 0.5) is 15.0 Å². The van der Waals surface area contributed by atoms with Crippen LogP contribution in [0.1, 0.15) is 47.7 Å². The summed E-state index contributed by atoms with van der Waals surface area (Å²) in [6.45, 7) is 1.32. The number of amides is 2. The number of aliphatic carboxylic acids is 1. The normalized spacial score (nSPS) is 13.1. The molecule has 11 heteroatoms. The number of ether oxygens (including phenoxy) is 3. The third-order valence-corrected chi connectivity index (χ3v) is 7.29. The van der Waals surface area contributed by atoms with Gasteiger partial charge in [0.25, 0.3) is 0 Å². The van der Waals surface area contributed by atoms with Gasteiger partial charge in [-0.05, 0) is 60.6 Å². The Morgan fingerprint density at radius 2 is 1.91 bits per heavy atom. The lowest BCUT2D eigenvalue weighted by Crippen LogP contribution is -2.47. The molecule has 1 aliphatic heterocycles. The first-order valence-corrected chi connectivity index (χ1v) is 14.4. The van der Waals surface area contributed by atoms with Crippen molar-refractivity contribution in [1.82, 2.24) is 15.2 Å². The van der Waals surface area contributed by atoms with Crippen molar-refractivity contribution in [2.45, 2.75) is 51.0 Å². The highest BCUT2D eigenvalue weighted by atomic mass is 19.1. The zero-order chi connectivity index (χ0) is 30.6. The molecule has 0 radical (unpaired) electrons. The van der Waals surface area contributed by atoms with Crippen molar-refractivity contribution in [3.63, 3.8) is 0 Å². The molecular weight excluding hydrogens is 555 g/mol. The first-order chi connectivity index (χ1) is 20.9. The molecule has 3 aromatic rings. The Balaban J connectivity index is 1.45. The fourth-order valence-electron chi connectivity index (χ4n) is 4.98. The van der Waals surface area contributed by atoms with Crippen LogP contribution >= 0.6 is 0 Å². The molecule has 0 spiro atoms. The zero-order valence-electron chi connectivity index (χ0n) is 24.6. The van der Waals surface area contributed by atoms with Crippen LogP contribution in [0.25, 0.3) is 0 Å². The molecule has 1 aliphatic rings. The van der Waals surface area contributed by atoms with Gasteiger partial charge in [0.2, 0.25) is 0 Å². The maximum absolute atomic E-state index is 15.2. The fraction of sp³-hybridized carbons (Fsp3) is 0.406. The zero-order valence-corrected chi connectivity index (χ0v) is 24.6. The van der Waals surface area contributed by atoms with Crippen molar-refractivity contribution in [3.05, 3.63) is 88.9 Å². The highest BCUT2D eigenvalue weighted by Gasteiger charge is 2.30. The highest BCUT2D eigenvalue weighted by molar-refractivity contribution is 5.76. The number of benzene rings is 2. The topological polar surface area (TPSA) is 122 Å². The largest absolute Gasteiger partial charge is 0.486 e. The number of carbonyl (C=O) groups excluding carboxylic acids is 1. The molecular formula is C32H39FN4O6. The minimum absolute atomic E-state index is 0.0235. The summed E-state index contributed by atoms with van der Waals surface area (Å²) in [5, 5.41) is 15.9. The number of hydrogen-bond acceptors (Lipinski definition) is 7. The van der Waals surface area contributed by atoms with E-state index in [0.29, 0.717) is 24.9 Å². The van der Waals surface area contributed by atoms with Gasteiger partial charge in [-0.2, -0.15) is 0 Å². The van der Waals surface area contributed by atoms with E-state index in [2.05, 4.69) is 16.7 Å². The molecule has 1 atom stereocenters. The molecule has 0 aliphatic carbocycles. The van der Waals surface area contributed by atoms with Crippen LogP contribution in [0, 0.1) is 5.82 Å². The number of pyridine rings is 1. The molecule has 0 bridgehead atoms. The third-order valence-electron chi connectivity index (χ3n) is 7.29. The van der Waals surface area contributed by atoms with E-state index < -0.39 is 36.6 Å². The van der Waals surface area contributed by atoms with E-state index in [1.807, 2.05) is 36.4 Å². The number of hydrogen-bond donors (Lipinski definition) is 3. The summed E-state index contributed by atoms with van der Waals surface area (Å²) in [5.74, 6) is -0.864. The number of nitrogens with zero attached hydrogens (tertiary/aromatic N) is 2. The van der Waals surface area contributed by atoms with Crippen molar-refractivity contribution in [2.75, 3.05) is 39.2 Å².